The second kappa shape index (κ2) is 5.74. The number of nitrogens with zero attached hydrogens (tertiary/aromatic N) is 1. The summed E-state index contributed by atoms with van der Waals surface area (Å²) in [5.74, 6) is 0.0839. The fourth-order valence-corrected chi connectivity index (χ4v) is 4.22. The Morgan fingerprint density at radius 3 is 2.60 bits per heavy atom. The van der Waals surface area contributed by atoms with Gasteiger partial charge < -0.3 is 8.75 Å². The van der Waals surface area contributed by atoms with Gasteiger partial charge >= 0.3 is 10.1 Å². The highest BCUT2D eigenvalue weighted by Crippen LogP contribution is 2.31. The first-order valence-corrected chi connectivity index (χ1v) is 9.53. The van der Waals surface area contributed by atoms with Crippen LogP contribution in [0.15, 0.2) is 58.2 Å². The summed E-state index contributed by atoms with van der Waals surface area (Å²) in [6.07, 6.45) is 1.76. The number of rotatable bonds is 3. The van der Waals surface area contributed by atoms with Gasteiger partial charge in [-0.15, -0.1) is 0 Å². The molecule has 0 unspecified atom stereocenters. The van der Waals surface area contributed by atoms with Gasteiger partial charge in [-0.1, -0.05) is 29.8 Å². The predicted molar refractivity (Wildman–Crippen MR) is 95.5 cm³/mol. The number of para-hydroxylation sites is 1. The molecular formula is C19H17NO4S. The van der Waals surface area contributed by atoms with Crippen molar-refractivity contribution in [1.29, 1.82) is 0 Å². The third-order valence-corrected chi connectivity index (χ3v) is 5.76. The molecular weight excluding hydrogens is 338 g/mol. The molecule has 1 aliphatic heterocycles. The molecule has 1 aromatic heterocycles. The van der Waals surface area contributed by atoms with Gasteiger partial charge in [0.2, 0.25) is 0 Å². The van der Waals surface area contributed by atoms with Crippen LogP contribution in [0.25, 0.3) is 10.9 Å². The zero-order valence-electron chi connectivity index (χ0n) is 13.7. The zero-order valence-corrected chi connectivity index (χ0v) is 14.5. The molecule has 0 fully saturated rings. The van der Waals surface area contributed by atoms with Crippen LogP contribution < -0.4 is 9.74 Å². The smallest absolute Gasteiger partial charge is 0.339 e. The van der Waals surface area contributed by atoms with Gasteiger partial charge in [-0.05, 0) is 43.5 Å². The maximum atomic E-state index is 12.6. The molecule has 2 heterocycles. The summed E-state index contributed by atoms with van der Waals surface area (Å²) in [7, 11) is -4.00. The standard InChI is InChI=1S/C19H17NO4S/c1-13-7-9-15(10-8-13)25(22,23)24-17-12-18(21)20-11-3-5-14-4-2-6-16(17)19(14)20/h2,4,6-10,12H,3,5,11H2,1H3. The summed E-state index contributed by atoms with van der Waals surface area (Å²) in [6, 6.07) is 13.3. The topological polar surface area (TPSA) is 65.4 Å². The molecule has 0 saturated carbocycles. The SMILES string of the molecule is Cc1ccc(S(=O)(=O)Oc2cc(=O)n3c4c(cccc24)CCC3)cc1. The van der Waals surface area contributed by atoms with Gasteiger partial charge in [0.05, 0.1) is 5.52 Å². The predicted octanol–water partition coefficient (Wildman–Crippen LogP) is 3.02. The Hall–Kier alpha value is -2.60. The molecule has 0 aliphatic carbocycles. The fourth-order valence-electron chi connectivity index (χ4n) is 3.28. The van der Waals surface area contributed by atoms with Crippen LogP contribution in [0.1, 0.15) is 17.5 Å². The Morgan fingerprint density at radius 2 is 1.84 bits per heavy atom. The Morgan fingerprint density at radius 1 is 1.08 bits per heavy atom. The summed E-state index contributed by atoms with van der Waals surface area (Å²) < 4.78 is 32.2. The lowest BCUT2D eigenvalue weighted by Gasteiger charge is -2.20. The largest absolute Gasteiger partial charge is 0.378 e. The highest BCUT2D eigenvalue weighted by Gasteiger charge is 2.22. The van der Waals surface area contributed by atoms with Crippen molar-refractivity contribution in [3.05, 3.63) is 70.0 Å². The van der Waals surface area contributed by atoms with E-state index in [1.54, 1.807) is 22.8 Å². The van der Waals surface area contributed by atoms with E-state index in [1.807, 2.05) is 19.1 Å². The van der Waals surface area contributed by atoms with Crippen LogP contribution in [0.4, 0.5) is 0 Å². The van der Waals surface area contributed by atoms with E-state index in [1.165, 1.54) is 18.2 Å². The molecule has 0 radical (unpaired) electrons. The second-order valence-electron chi connectivity index (χ2n) is 6.27. The van der Waals surface area contributed by atoms with E-state index < -0.39 is 10.1 Å². The first-order chi connectivity index (χ1) is 12.0. The van der Waals surface area contributed by atoms with E-state index in [-0.39, 0.29) is 16.2 Å². The van der Waals surface area contributed by atoms with E-state index in [0.29, 0.717) is 11.9 Å². The first-order valence-electron chi connectivity index (χ1n) is 8.12. The van der Waals surface area contributed by atoms with Crippen LogP contribution in [0, 0.1) is 6.92 Å². The highest BCUT2D eigenvalue weighted by molar-refractivity contribution is 7.87. The average Bonchev–Trinajstić information content (AvgIpc) is 2.59. The minimum atomic E-state index is -4.00. The van der Waals surface area contributed by atoms with E-state index >= 15 is 0 Å². The number of benzene rings is 2. The minimum Gasteiger partial charge on any atom is -0.378 e. The van der Waals surface area contributed by atoms with Gasteiger partial charge in [0.25, 0.3) is 5.56 Å². The van der Waals surface area contributed by atoms with Gasteiger partial charge in [-0.25, -0.2) is 0 Å². The Kier molecular flexibility index (Phi) is 3.65. The minimum absolute atomic E-state index is 0.0682. The Bertz CT molecular complexity index is 1130. The number of pyridine rings is 1. The van der Waals surface area contributed by atoms with Crippen LogP contribution in [0.3, 0.4) is 0 Å². The van der Waals surface area contributed by atoms with Gasteiger partial charge in [-0.2, -0.15) is 8.42 Å². The molecule has 2 aromatic carbocycles. The van der Waals surface area contributed by atoms with Gasteiger partial charge in [0, 0.05) is 18.0 Å². The van der Waals surface area contributed by atoms with Crippen molar-refractivity contribution in [3.63, 3.8) is 0 Å². The molecule has 0 amide bonds. The van der Waals surface area contributed by atoms with Crippen molar-refractivity contribution in [2.45, 2.75) is 31.2 Å². The first kappa shape index (κ1) is 15.9. The molecule has 128 valence electrons. The van der Waals surface area contributed by atoms with Crippen molar-refractivity contribution in [2.24, 2.45) is 0 Å². The van der Waals surface area contributed by atoms with Crippen molar-refractivity contribution in [3.8, 4) is 5.75 Å². The Balaban J connectivity index is 1.87. The lowest BCUT2D eigenvalue weighted by atomic mass is 10.0. The number of aryl methyl sites for hydroxylation is 3. The molecule has 0 spiro atoms. The molecule has 0 N–H and O–H groups in total. The monoisotopic (exact) mass is 355 g/mol. The molecule has 0 atom stereocenters. The third-order valence-electron chi connectivity index (χ3n) is 4.51. The Labute approximate surface area is 145 Å². The summed E-state index contributed by atoms with van der Waals surface area (Å²) >= 11 is 0. The highest BCUT2D eigenvalue weighted by atomic mass is 32.2. The number of hydrogen-bond donors (Lipinski definition) is 0. The van der Waals surface area contributed by atoms with Gasteiger partial charge in [0.1, 0.15) is 4.90 Å². The molecule has 6 heteroatoms. The quantitative estimate of drug-likeness (QED) is 0.678. The summed E-state index contributed by atoms with van der Waals surface area (Å²) in [4.78, 5) is 12.5. The van der Waals surface area contributed by atoms with E-state index in [0.717, 1.165) is 29.5 Å². The van der Waals surface area contributed by atoms with E-state index in [9.17, 15) is 13.2 Å². The van der Waals surface area contributed by atoms with Crippen molar-refractivity contribution in [1.82, 2.24) is 4.57 Å². The molecule has 4 rings (SSSR count). The normalized spacial score (nSPS) is 13.8. The fraction of sp³-hybridized carbons (Fsp3) is 0.211. The molecule has 0 bridgehead atoms. The van der Waals surface area contributed by atoms with Crippen molar-refractivity contribution < 1.29 is 12.6 Å². The van der Waals surface area contributed by atoms with Crippen molar-refractivity contribution in [2.75, 3.05) is 0 Å². The zero-order chi connectivity index (χ0) is 17.6. The van der Waals surface area contributed by atoms with Gasteiger partial charge in [-0.3, -0.25) is 4.79 Å². The molecule has 3 aromatic rings. The van der Waals surface area contributed by atoms with Crippen LogP contribution >= 0.6 is 0 Å². The van der Waals surface area contributed by atoms with E-state index in [4.69, 9.17) is 4.18 Å². The number of hydrogen-bond acceptors (Lipinski definition) is 4. The average molecular weight is 355 g/mol. The summed E-state index contributed by atoms with van der Waals surface area (Å²) in [6.45, 7) is 2.52. The summed E-state index contributed by atoms with van der Waals surface area (Å²) in [5.41, 5.74) is 2.53. The second-order valence-corrected chi connectivity index (χ2v) is 7.81. The lowest BCUT2D eigenvalue weighted by Crippen LogP contribution is -2.24. The van der Waals surface area contributed by atoms with Crippen LogP contribution in [0.5, 0.6) is 5.75 Å². The molecule has 25 heavy (non-hydrogen) atoms. The lowest BCUT2D eigenvalue weighted by molar-refractivity contribution is 0.487. The third kappa shape index (κ3) is 2.72. The van der Waals surface area contributed by atoms with Crippen molar-refractivity contribution >= 4 is 21.0 Å². The van der Waals surface area contributed by atoms with E-state index in [2.05, 4.69) is 0 Å². The number of aromatic nitrogens is 1. The maximum absolute atomic E-state index is 12.6. The molecule has 1 aliphatic rings. The maximum Gasteiger partial charge on any atom is 0.339 e. The van der Waals surface area contributed by atoms with Crippen LogP contribution in [0.2, 0.25) is 0 Å². The molecule has 0 saturated heterocycles. The van der Waals surface area contributed by atoms with Gasteiger partial charge in [0.15, 0.2) is 5.75 Å². The van der Waals surface area contributed by atoms with Crippen LogP contribution in [-0.2, 0) is 23.1 Å². The molecule has 5 nitrogen and oxygen atoms in total. The summed E-state index contributed by atoms with van der Waals surface area (Å²) in [5, 5.41) is 0.646. The van der Waals surface area contributed by atoms with Crippen LogP contribution in [-0.4, -0.2) is 13.0 Å².